The molecule has 4 rings (SSSR count). The Morgan fingerprint density at radius 1 is 1.00 bits per heavy atom. The highest BCUT2D eigenvalue weighted by Crippen LogP contribution is 2.29. The molecule has 28 heavy (non-hydrogen) atoms. The zero-order valence-corrected chi connectivity index (χ0v) is 16.6. The van der Waals surface area contributed by atoms with Gasteiger partial charge in [-0.05, 0) is 68.1 Å². The Kier molecular flexibility index (Phi) is 5.07. The van der Waals surface area contributed by atoms with E-state index in [-0.39, 0.29) is 24.2 Å². The van der Waals surface area contributed by atoms with Crippen LogP contribution in [0.1, 0.15) is 30.4 Å². The predicted octanol–water partition coefficient (Wildman–Crippen LogP) is 3.90. The van der Waals surface area contributed by atoms with Gasteiger partial charge in [0.25, 0.3) is 0 Å². The molecule has 2 amide bonds. The van der Waals surface area contributed by atoms with Crippen molar-refractivity contribution in [2.75, 3.05) is 34.8 Å². The van der Waals surface area contributed by atoms with Crippen LogP contribution in [0.5, 0.6) is 0 Å². The van der Waals surface area contributed by atoms with Crippen LogP contribution in [0.4, 0.5) is 17.1 Å². The summed E-state index contributed by atoms with van der Waals surface area (Å²) in [6.07, 6.45) is 2.73. The van der Waals surface area contributed by atoms with Crippen LogP contribution in [-0.2, 0) is 9.59 Å². The Labute approximate surface area is 166 Å². The fourth-order valence-electron chi connectivity index (χ4n) is 4.06. The first-order chi connectivity index (χ1) is 13.5. The molecule has 2 aliphatic rings. The number of hydrogen-bond acceptors (Lipinski definition) is 3. The molecular weight excluding hydrogens is 350 g/mol. The van der Waals surface area contributed by atoms with Crippen molar-refractivity contribution >= 4 is 28.9 Å². The highest BCUT2D eigenvalue weighted by molar-refractivity contribution is 6.03. The van der Waals surface area contributed by atoms with Gasteiger partial charge < -0.3 is 15.1 Å². The molecule has 146 valence electrons. The molecule has 2 aromatic rings. The third-order valence-electron chi connectivity index (χ3n) is 5.78. The van der Waals surface area contributed by atoms with Crippen LogP contribution in [-0.4, -0.2) is 31.4 Å². The number of benzene rings is 2. The first-order valence-corrected chi connectivity index (χ1v) is 10.0. The van der Waals surface area contributed by atoms with Gasteiger partial charge in [-0.2, -0.15) is 0 Å². The van der Waals surface area contributed by atoms with Crippen molar-refractivity contribution in [1.29, 1.82) is 0 Å². The molecule has 0 saturated carbocycles. The smallest absolute Gasteiger partial charge is 0.229 e. The third kappa shape index (κ3) is 3.75. The Morgan fingerprint density at radius 3 is 2.39 bits per heavy atom. The quantitative estimate of drug-likeness (QED) is 0.879. The van der Waals surface area contributed by atoms with Gasteiger partial charge in [-0.1, -0.05) is 12.1 Å². The minimum atomic E-state index is -0.328. The van der Waals surface area contributed by atoms with Crippen molar-refractivity contribution in [3.05, 3.63) is 53.6 Å². The van der Waals surface area contributed by atoms with E-state index in [1.807, 2.05) is 44.2 Å². The minimum Gasteiger partial charge on any atom is -0.372 e. The van der Waals surface area contributed by atoms with Gasteiger partial charge >= 0.3 is 0 Å². The predicted molar refractivity (Wildman–Crippen MR) is 113 cm³/mol. The number of rotatable bonds is 4. The van der Waals surface area contributed by atoms with Crippen molar-refractivity contribution in [1.82, 2.24) is 0 Å². The van der Waals surface area contributed by atoms with Gasteiger partial charge in [0.15, 0.2) is 0 Å². The molecule has 1 atom stereocenters. The maximum absolute atomic E-state index is 12.7. The molecule has 0 spiro atoms. The molecule has 1 unspecified atom stereocenters. The molecule has 0 bridgehead atoms. The fourth-order valence-corrected chi connectivity index (χ4v) is 4.06. The number of carbonyl (C=O) groups excluding carboxylic acids is 2. The molecule has 5 nitrogen and oxygen atoms in total. The van der Waals surface area contributed by atoms with Crippen molar-refractivity contribution in [3.63, 3.8) is 0 Å². The second-order valence-corrected chi connectivity index (χ2v) is 7.92. The summed E-state index contributed by atoms with van der Waals surface area (Å²) >= 11 is 0. The van der Waals surface area contributed by atoms with E-state index in [9.17, 15) is 9.59 Å². The molecule has 2 fully saturated rings. The Balaban J connectivity index is 1.43. The number of anilines is 3. The second-order valence-electron chi connectivity index (χ2n) is 7.92. The molecular formula is C23H27N3O2. The largest absolute Gasteiger partial charge is 0.372 e. The van der Waals surface area contributed by atoms with Crippen molar-refractivity contribution < 1.29 is 9.59 Å². The molecule has 2 saturated heterocycles. The lowest BCUT2D eigenvalue weighted by Crippen LogP contribution is -2.28. The van der Waals surface area contributed by atoms with E-state index in [0.29, 0.717) is 6.54 Å². The molecule has 2 heterocycles. The lowest BCUT2D eigenvalue weighted by Gasteiger charge is -2.21. The Hall–Kier alpha value is -2.82. The van der Waals surface area contributed by atoms with Gasteiger partial charge in [0.1, 0.15) is 0 Å². The van der Waals surface area contributed by atoms with E-state index in [1.54, 1.807) is 4.90 Å². The summed E-state index contributed by atoms with van der Waals surface area (Å²) in [5.74, 6) is -0.404. The summed E-state index contributed by atoms with van der Waals surface area (Å²) in [5, 5.41) is 3.01. The molecule has 0 radical (unpaired) electrons. The summed E-state index contributed by atoms with van der Waals surface area (Å²) in [6.45, 7) is 6.61. The highest BCUT2D eigenvalue weighted by Gasteiger charge is 2.35. The van der Waals surface area contributed by atoms with Crippen LogP contribution >= 0.6 is 0 Å². The first-order valence-electron chi connectivity index (χ1n) is 10.0. The van der Waals surface area contributed by atoms with Gasteiger partial charge in [-0.25, -0.2) is 0 Å². The summed E-state index contributed by atoms with van der Waals surface area (Å²) in [4.78, 5) is 29.4. The summed E-state index contributed by atoms with van der Waals surface area (Å²) in [7, 11) is 0. The van der Waals surface area contributed by atoms with E-state index < -0.39 is 0 Å². The average Bonchev–Trinajstić information content (AvgIpc) is 3.35. The van der Waals surface area contributed by atoms with Crippen LogP contribution < -0.4 is 15.1 Å². The zero-order valence-electron chi connectivity index (χ0n) is 16.6. The van der Waals surface area contributed by atoms with Gasteiger partial charge in [0.05, 0.1) is 5.92 Å². The van der Waals surface area contributed by atoms with Crippen LogP contribution in [0.25, 0.3) is 0 Å². The SMILES string of the molecule is Cc1ccc(C)c(NC(=O)C2CC(=O)N(c3ccc(N4CCCC4)cc3)C2)c1. The maximum Gasteiger partial charge on any atom is 0.229 e. The number of nitrogens with zero attached hydrogens (tertiary/aromatic N) is 2. The lowest BCUT2D eigenvalue weighted by molar-refractivity contribution is -0.122. The number of nitrogens with one attached hydrogen (secondary N) is 1. The number of carbonyl (C=O) groups is 2. The van der Waals surface area contributed by atoms with Crippen molar-refractivity contribution in [2.45, 2.75) is 33.1 Å². The van der Waals surface area contributed by atoms with Crippen LogP contribution in [0, 0.1) is 19.8 Å². The normalized spacial score (nSPS) is 19.4. The monoisotopic (exact) mass is 377 g/mol. The molecule has 0 aliphatic carbocycles. The van der Waals surface area contributed by atoms with Gasteiger partial charge in [-0.3, -0.25) is 9.59 Å². The van der Waals surface area contributed by atoms with Crippen molar-refractivity contribution in [2.24, 2.45) is 5.92 Å². The van der Waals surface area contributed by atoms with E-state index in [1.165, 1.54) is 18.5 Å². The summed E-state index contributed by atoms with van der Waals surface area (Å²) < 4.78 is 0. The van der Waals surface area contributed by atoms with Gasteiger partial charge in [-0.15, -0.1) is 0 Å². The van der Waals surface area contributed by atoms with E-state index >= 15 is 0 Å². The molecule has 5 heteroatoms. The number of hydrogen-bond donors (Lipinski definition) is 1. The molecule has 2 aromatic carbocycles. The average molecular weight is 377 g/mol. The van der Waals surface area contributed by atoms with Gasteiger partial charge in [0, 0.05) is 43.1 Å². The Bertz CT molecular complexity index is 885. The van der Waals surface area contributed by atoms with Crippen molar-refractivity contribution in [3.8, 4) is 0 Å². The molecule has 1 N–H and O–H groups in total. The second kappa shape index (κ2) is 7.66. The number of amides is 2. The third-order valence-corrected chi connectivity index (χ3v) is 5.78. The number of aryl methyl sites for hydroxylation is 2. The van der Waals surface area contributed by atoms with E-state index in [2.05, 4.69) is 22.3 Å². The topological polar surface area (TPSA) is 52.7 Å². The molecule has 2 aliphatic heterocycles. The standard InChI is InChI=1S/C23H27N3O2/c1-16-5-6-17(2)21(13-16)24-23(28)18-14-22(27)26(15-18)20-9-7-19(8-10-20)25-11-3-4-12-25/h5-10,13,18H,3-4,11-12,14-15H2,1-2H3,(H,24,28). The lowest BCUT2D eigenvalue weighted by atomic mass is 10.1. The summed E-state index contributed by atoms with van der Waals surface area (Å²) in [6, 6.07) is 14.2. The molecule has 0 aromatic heterocycles. The first kappa shape index (κ1) is 18.5. The maximum atomic E-state index is 12.7. The summed E-state index contributed by atoms with van der Waals surface area (Å²) in [5.41, 5.74) is 5.03. The zero-order chi connectivity index (χ0) is 19.7. The van der Waals surface area contributed by atoms with Gasteiger partial charge in [0.2, 0.25) is 11.8 Å². The fraction of sp³-hybridized carbons (Fsp3) is 0.391. The van der Waals surface area contributed by atoms with E-state index in [4.69, 9.17) is 0 Å². The van der Waals surface area contributed by atoms with Crippen LogP contribution in [0.15, 0.2) is 42.5 Å². The van der Waals surface area contributed by atoms with Crippen LogP contribution in [0.2, 0.25) is 0 Å². The highest BCUT2D eigenvalue weighted by atomic mass is 16.2. The Morgan fingerprint density at radius 2 is 1.68 bits per heavy atom. The minimum absolute atomic E-state index is 0.00929. The van der Waals surface area contributed by atoms with E-state index in [0.717, 1.165) is 35.6 Å². The van der Waals surface area contributed by atoms with Crippen LogP contribution in [0.3, 0.4) is 0 Å².